The van der Waals surface area contributed by atoms with Crippen molar-refractivity contribution in [2.75, 3.05) is 20.7 Å². The van der Waals surface area contributed by atoms with E-state index in [2.05, 4.69) is 71.9 Å². The molecule has 0 atom stereocenters. The van der Waals surface area contributed by atoms with Gasteiger partial charge in [-0.15, -0.1) is 0 Å². The van der Waals surface area contributed by atoms with Gasteiger partial charge in [-0.05, 0) is 48.6 Å². The van der Waals surface area contributed by atoms with E-state index in [4.69, 9.17) is 4.74 Å². The number of aliphatic imine (C=N–C) groups is 1. The molecule has 2 rings (SSSR count). The van der Waals surface area contributed by atoms with Gasteiger partial charge >= 0.3 is 0 Å². The van der Waals surface area contributed by atoms with Crippen molar-refractivity contribution in [2.24, 2.45) is 4.99 Å². The second-order valence-corrected chi connectivity index (χ2v) is 5.83. The summed E-state index contributed by atoms with van der Waals surface area (Å²) in [5.41, 5.74) is 4.97. The molecule has 128 valence electrons. The van der Waals surface area contributed by atoms with Gasteiger partial charge in [0.05, 0.1) is 7.11 Å². The highest BCUT2D eigenvalue weighted by atomic mass is 16.5. The zero-order valence-corrected chi connectivity index (χ0v) is 15.0. The normalized spacial score (nSPS) is 11.2. The summed E-state index contributed by atoms with van der Waals surface area (Å²) in [5, 5.41) is 6.72. The van der Waals surface area contributed by atoms with Crippen LogP contribution in [0, 0.1) is 13.8 Å². The predicted molar refractivity (Wildman–Crippen MR) is 101 cm³/mol. The molecule has 0 aromatic heterocycles. The van der Waals surface area contributed by atoms with Gasteiger partial charge < -0.3 is 15.4 Å². The molecule has 2 aromatic rings. The van der Waals surface area contributed by atoms with Crippen molar-refractivity contribution in [3.63, 3.8) is 0 Å². The average Bonchev–Trinajstić information content (AvgIpc) is 2.60. The molecule has 0 saturated carbocycles. The van der Waals surface area contributed by atoms with Gasteiger partial charge in [-0.1, -0.05) is 36.4 Å². The summed E-state index contributed by atoms with van der Waals surface area (Å²) < 4.78 is 5.38. The largest absolute Gasteiger partial charge is 0.496 e. The van der Waals surface area contributed by atoms with E-state index >= 15 is 0 Å². The monoisotopic (exact) mass is 325 g/mol. The van der Waals surface area contributed by atoms with Crippen molar-refractivity contribution in [3.05, 3.63) is 64.7 Å². The van der Waals surface area contributed by atoms with Crippen LogP contribution in [0.3, 0.4) is 0 Å². The topological polar surface area (TPSA) is 45.7 Å². The van der Waals surface area contributed by atoms with E-state index in [1.54, 1.807) is 14.2 Å². The summed E-state index contributed by atoms with van der Waals surface area (Å²) in [4.78, 5) is 4.28. The maximum Gasteiger partial charge on any atom is 0.191 e. The molecule has 0 fully saturated rings. The summed E-state index contributed by atoms with van der Waals surface area (Å²) in [7, 11) is 3.50. The summed E-state index contributed by atoms with van der Waals surface area (Å²) in [6.45, 7) is 5.76. The SMILES string of the molecule is CN=C(NCCc1ccc(C)c(OC)c1)NCc1ccccc1C. The fraction of sp³-hybridized carbons (Fsp3) is 0.350. The third kappa shape index (κ3) is 5.01. The molecule has 0 saturated heterocycles. The molecule has 2 N–H and O–H groups in total. The van der Waals surface area contributed by atoms with Crippen LogP contribution in [0.2, 0.25) is 0 Å². The van der Waals surface area contributed by atoms with Crippen molar-refractivity contribution >= 4 is 5.96 Å². The standard InChI is InChI=1S/C20H27N3O/c1-15-7-5-6-8-18(15)14-23-20(21-3)22-12-11-17-10-9-16(2)19(13-17)24-4/h5-10,13H,11-12,14H2,1-4H3,(H2,21,22,23). The van der Waals surface area contributed by atoms with Crippen LogP contribution in [0.5, 0.6) is 5.75 Å². The highest BCUT2D eigenvalue weighted by Gasteiger charge is 2.03. The van der Waals surface area contributed by atoms with Crippen molar-refractivity contribution < 1.29 is 4.74 Å². The number of nitrogens with one attached hydrogen (secondary N) is 2. The Morgan fingerprint density at radius 2 is 1.83 bits per heavy atom. The zero-order valence-electron chi connectivity index (χ0n) is 15.0. The zero-order chi connectivity index (χ0) is 17.4. The fourth-order valence-corrected chi connectivity index (χ4v) is 2.55. The third-order valence-electron chi connectivity index (χ3n) is 4.11. The lowest BCUT2D eigenvalue weighted by Gasteiger charge is -2.13. The number of methoxy groups -OCH3 is 1. The molecule has 2 aromatic carbocycles. The van der Waals surface area contributed by atoms with E-state index in [0.29, 0.717) is 0 Å². The highest BCUT2D eigenvalue weighted by Crippen LogP contribution is 2.18. The van der Waals surface area contributed by atoms with Gasteiger partial charge in [0, 0.05) is 20.1 Å². The molecule has 0 aliphatic rings. The first-order valence-electron chi connectivity index (χ1n) is 8.26. The minimum Gasteiger partial charge on any atom is -0.496 e. The molecule has 0 amide bonds. The van der Waals surface area contributed by atoms with E-state index in [1.807, 2.05) is 0 Å². The minimum atomic E-state index is 0.769. The smallest absolute Gasteiger partial charge is 0.191 e. The number of rotatable bonds is 6. The maximum absolute atomic E-state index is 5.38. The van der Waals surface area contributed by atoms with Gasteiger partial charge in [0.25, 0.3) is 0 Å². The molecule has 0 spiro atoms. The van der Waals surface area contributed by atoms with E-state index in [9.17, 15) is 0 Å². The number of guanidine groups is 1. The van der Waals surface area contributed by atoms with Crippen molar-refractivity contribution in [1.29, 1.82) is 0 Å². The first-order chi connectivity index (χ1) is 11.6. The molecule has 0 bridgehead atoms. The highest BCUT2D eigenvalue weighted by molar-refractivity contribution is 5.79. The van der Waals surface area contributed by atoms with Crippen LogP contribution in [0.15, 0.2) is 47.5 Å². The van der Waals surface area contributed by atoms with Crippen LogP contribution >= 0.6 is 0 Å². The molecule has 0 radical (unpaired) electrons. The molecular formula is C20H27N3O. The number of benzene rings is 2. The number of nitrogens with zero attached hydrogens (tertiary/aromatic N) is 1. The third-order valence-corrected chi connectivity index (χ3v) is 4.11. The van der Waals surface area contributed by atoms with Gasteiger partial charge in [-0.3, -0.25) is 4.99 Å². The van der Waals surface area contributed by atoms with E-state index < -0.39 is 0 Å². The minimum absolute atomic E-state index is 0.769. The Morgan fingerprint density at radius 3 is 2.54 bits per heavy atom. The van der Waals surface area contributed by atoms with Gasteiger partial charge in [0.1, 0.15) is 5.75 Å². The summed E-state index contributed by atoms with van der Waals surface area (Å²) >= 11 is 0. The number of aryl methyl sites for hydroxylation is 2. The number of ether oxygens (including phenoxy) is 1. The van der Waals surface area contributed by atoms with Gasteiger partial charge in [-0.2, -0.15) is 0 Å². The molecule has 0 heterocycles. The Hall–Kier alpha value is -2.49. The van der Waals surface area contributed by atoms with Gasteiger partial charge in [-0.25, -0.2) is 0 Å². The van der Waals surface area contributed by atoms with Crippen molar-refractivity contribution in [2.45, 2.75) is 26.8 Å². The molecule has 24 heavy (non-hydrogen) atoms. The summed E-state index contributed by atoms with van der Waals surface area (Å²) in [5.74, 6) is 1.76. The molecular weight excluding hydrogens is 298 g/mol. The van der Waals surface area contributed by atoms with Crippen LogP contribution in [-0.4, -0.2) is 26.7 Å². The first kappa shape index (κ1) is 17.9. The molecule has 4 heteroatoms. The quantitative estimate of drug-likeness (QED) is 0.633. The van der Waals surface area contributed by atoms with Gasteiger partial charge in [0.2, 0.25) is 0 Å². The van der Waals surface area contributed by atoms with Crippen LogP contribution in [-0.2, 0) is 13.0 Å². The Balaban J connectivity index is 1.83. The Bertz CT molecular complexity index is 695. The second kappa shape index (κ2) is 8.96. The summed E-state index contributed by atoms with van der Waals surface area (Å²) in [6.07, 6.45) is 0.918. The van der Waals surface area contributed by atoms with E-state index in [1.165, 1.54) is 16.7 Å². The van der Waals surface area contributed by atoms with Crippen LogP contribution in [0.4, 0.5) is 0 Å². The van der Waals surface area contributed by atoms with Crippen LogP contribution < -0.4 is 15.4 Å². The van der Waals surface area contributed by atoms with Crippen LogP contribution in [0.25, 0.3) is 0 Å². The van der Waals surface area contributed by atoms with Crippen molar-refractivity contribution in [1.82, 2.24) is 10.6 Å². The first-order valence-corrected chi connectivity index (χ1v) is 8.26. The maximum atomic E-state index is 5.38. The lowest BCUT2D eigenvalue weighted by molar-refractivity contribution is 0.411. The lowest BCUT2D eigenvalue weighted by atomic mass is 10.1. The lowest BCUT2D eigenvalue weighted by Crippen LogP contribution is -2.38. The predicted octanol–water partition coefficient (Wildman–Crippen LogP) is 3.22. The second-order valence-electron chi connectivity index (χ2n) is 5.83. The Morgan fingerprint density at radius 1 is 1.04 bits per heavy atom. The Labute approximate surface area is 145 Å². The average molecular weight is 325 g/mol. The molecule has 0 aliphatic heterocycles. The summed E-state index contributed by atoms with van der Waals surface area (Å²) in [6, 6.07) is 14.7. The van der Waals surface area contributed by atoms with Gasteiger partial charge in [0.15, 0.2) is 5.96 Å². The molecule has 0 aliphatic carbocycles. The molecule has 4 nitrogen and oxygen atoms in total. The van der Waals surface area contributed by atoms with E-state index in [0.717, 1.165) is 36.8 Å². The Kier molecular flexibility index (Phi) is 6.67. The van der Waals surface area contributed by atoms with E-state index in [-0.39, 0.29) is 0 Å². The van der Waals surface area contributed by atoms with Crippen LogP contribution in [0.1, 0.15) is 22.3 Å². The molecule has 0 unspecified atom stereocenters. The van der Waals surface area contributed by atoms with Crippen molar-refractivity contribution in [3.8, 4) is 5.75 Å². The fourth-order valence-electron chi connectivity index (χ4n) is 2.55. The number of hydrogen-bond donors (Lipinski definition) is 2. The number of hydrogen-bond acceptors (Lipinski definition) is 2.